The molecule has 1 fully saturated rings. The molecule has 0 aliphatic carbocycles. The molecule has 2 rings (SSSR count). The average Bonchev–Trinajstić information content (AvgIpc) is 2.94. The van der Waals surface area contributed by atoms with Crippen molar-refractivity contribution < 1.29 is 9.53 Å². The fourth-order valence-corrected chi connectivity index (χ4v) is 2.32. The molecule has 1 aliphatic rings. The summed E-state index contributed by atoms with van der Waals surface area (Å²) < 4.78 is 5.32. The molecule has 7 heteroatoms. The number of hydrogen-bond acceptors (Lipinski definition) is 5. The van der Waals surface area contributed by atoms with Gasteiger partial charge in [-0.05, 0) is 6.92 Å². The summed E-state index contributed by atoms with van der Waals surface area (Å²) in [6, 6.07) is 2.10. The first-order valence-corrected chi connectivity index (χ1v) is 7.18. The summed E-state index contributed by atoms with van der Waals surface area (Å²) in [6.45, 7) is 6.97. The van der Waals surface area contributed by atoms with Crippen LogP contribution in [0.25, 0.3) is 0 Å². The van der Waals surface area contributed by atoms with Crippen LogP contribution in [0.15, 0.2) is 6.20 Å². The normalized spacial score (nSPS) is 15.6. The molecule has 0 aromatic carbocycles. The summed E-state index contributed by atoms with van der Waals surface area (Å²) in [5.74, 6) is -0.0650. The van der Waals surface area contributed by atoms with Crippen molar-refractivity contribution in [2.24, 2.45) is 0 Å². The average molecular weight is 291 g/mol. The van der Waals surface area contributed by atoms with E-state index in [1.54, 1.807) is 11.1 Å². The number of amides is 1. The molecule has 0 bridgehead atoms. The number of aromatic amines is 1. The number of nitrogens with one attached hydrogen (secondary N) is 1. The maximum atomic E-state index is 12.5. The summed E-state index contributed by atoms with van der Waals surface area (Å²) in [5, 5.41) is 15.4. The lowest BCUT2D eigenvalue weighted by Gasteiger charge is -2.29. The standard InChI is InChI=1S/C14H21N5O2/c1-12-13(11-16-17-12)14(20)19(4-2-3-15)6-5-18-7-9-21-10-8-18/h11H,2,4-10H2,1H3,(H,16,17). The number of morpholine rings is 1. The molecule has 114 valence electrons. The van der Waals surface area contributed by atoms with Crippen molar-refractivity contribution in [1.82, 2.24) is 20.0 Å². The van der Waals surface area contributed by atoms with E-state index in [0.29, 0.717) is 25.1 Å². The minimum atomic E-state index is -0.0650. The van der Waals surface area contributed by atoms with Crippen molar-refractivity contribution in [3.8, 4) is 6.07 Å². The SMILES string of the molecule is Cc1[nH]ncc1C(=O)N(CCC#N)CCN1CCOCC1. The van der Waals surface area contributed by atoms with Gasteiger partial charge in [-0.3, -0.25) is 14.8 Å². The first-order chi connectivity index (χ1) is 10.2. The largest absolute Gasteiger partial charge is 0.379 e. The molecule has 21 heavy (non-hydrogen) atoms. The molecule has 2 heterocycles. The minimum absolute atomic E-state index is 0.0650. The Labute approximate surface area is 124 Å². The van der Waals surface area contributed by atoms with Gasteiger partial charge in [0, 0.05) is 38.4 Å². The monoisotopic (exact) mass is 291 g/mol. The zero-order chi connectivity index (χ0) is 15.1. The molecule has 1 amide bonds. The Kier molecular flexibility index (Phi) is 5.72. The Hall–Kier alpha value is -1.91. The summed E-state index contributed by atoms with van der Waals surface area (Å²) in [6.07, 6.45) is 1.89. The topological polar surface area (TPSA) is 85.2 Å². The molecule has 1 N–H and O–H groups in total. The third-order valence-corrected chi connectivity index (χ3v) is 3.63. The zero-order valence-corrected chi connectivity index (χ0v) is 12.3. The van der Waals surface area contributed by atoms with Crippen LogP contribution in [0.3, 0.4) is 0 Å². The summed E-state index contributed by atoms with van der Waals surface area (Å²) in [4.78, 5) is 16.5. The van der Waals surface area contributed by atoms with Gasteiger partial charge in [0.05, 0.1) is 37.5 Å². The summed E-state index contributed by atoms with van der Waals surface area (Å²) >= 11 is 0. The number of rotatable bonds is 6. The van der Waals surface area contributed by atoms with Gasteiger partial charge in [-0.2, -0.15) is 10.4 Å². The van der Waals surface area contributed by atoms with Crippen LogP contribution in [-0.4, -0.2) is 71.8 Å². The van der Waals surface area contributed by atoms with Gasteiger partial charge in [-0.1, -0.05) is 0 Å². The highest BCUT2D eigenvalue weighted by atomic mass is 16.5. The third-order valence-electron chi connectivity index (χ3n) is 3.63. The summed E-state index contributed by atoms with van der Waals surface area (Å²) in [5.41, 5.74) is 1.34. The molecule has 0 atom stereocenters. The second-order valence-corrected chi connectivity index (χ2v) is 5.06. The second-order valence-electron chi connectivity index (χ2n) is 5.06. The van der Waals surface area contributed by atoms with Crippen LogP contribution < -0.4 is 0 Å². The lowest BCUT2D eigenvalue weighted by molar-refractivity contribution is 0.0326. The number of carbonyl (C=O) groups is 1. The van der Waals surface area contributed by atoms with Crippen LogP contribution in [0.1, 0.15) is 22.5 Å². The number of H-pyrrole nitrogens is 1. The van der Waals surface area contributed by atoms with Crippen LogP contribution in [-0.2, 0) is 4.74 Å². The second kappa shape index (κ2) is 7.76. The van der Waals surface area contributed by atoms with Gasteiger partial charge < -0.3 is 9.64 Å². The van der Waals surface area contributed by atoms with Gasteiger partial charge in [0.25, 0.3) is 5.91 Å². The van der Waals surface area contributed by atoms with Gasteiger partial charge in [0.2, 0.25) is 0 Å². The van der Waals surface area contributed by atoms with Crippen molar-refractivity contribution >= 4 is 5.91 Å². The first kappa shape index (κ1) is 15.5. The van der Waals surface area contributed by atoms with Gasteiger partial charge in [-0.25, -0.2) is 0 Å². The number of carbonyl (C=O) groups excluding carboxylic acids is 1. The highest BCUT2D eigenvalue weighted by Crippen LogP contribution is 2.09. The number of nitrogens with zero attached hydrogens (tertiary/aromatic N) is 4. The van der Waals surface area contributed by atoms with E-state index in [-0.39, 0.29) is 5.91 Å². The molecule has 0 saturated carbocycles. The van der Waals surface area contributed by atoms with Gasteiger partial charge in [0.15, 0.2) is 0 Å². The molecule has 7 nitrogen and oxygen atoms in total. The number of ether oxygens (including phenoxy) is 1. The molecule has 0 unspecified atom stereocenters. The van der Waals surface area contributed by atoms with Crippen LogP contribution in [0.2, 0.25) is 0 Å². The van der Waals surface area contributed by atoms with Crippen molar-refractivity contribution in [3.63, 3.8) is 0 Å². The van der Waals surface area contributed by atoms with Crippen molar-refractivity contribution in [3.05, 3.63) is 17.5 Å². The van der Waals surface area contributed by atoms with E-state index in [1.165, 1.54) is 0 Å². The van der Waals surface area contributed by atoms with Gasteiger partial charge in [0.1, 0.15) is 0 Å². The maximum absolute atomic E-state index is 12.5. The Balaban J connectivity index is 1.95. The number of aromatic nitrogens is 2. The Morgan fingerprint density at radius 2 is 2.29 bits per heavy atom. The van der Waals surface area contributed by atoms with Gasteiger partial charge >= 0.3 is 0 Å². The van der Waals surface area contributed by atoms with Crippen LogP contribution in [0.4, 0.5) is 0 Å². The van der Waals surface area contributed by atoms with Gasteiger partial charge in [-0.15, -0.1) is 0 Å². The maximum Gasteiger partial charge on any atom is 0.257 e. The van der Waals surface area contributed by atoms with E-state index in [0.717, 1.165) is 38.5 Å². The molecule has 1 aromatic heterocycles. The van der Waals surface area contributed by atoms with E-state index in [4.69, 9.17) is 10.00 Å². The van der Waals surface area contributed by atoms with Crippen LogP contribution in [0.5, 0.6) is 0 Å². The first-order valence-electron chi connectivity index (χ1n) is 7.18. The number of hydrogen-bond donors (Lipinski definition) is 1. The van der Waals surface area contributed by atoms with E-state index in [1.807, 2.05) is 6.92 Å². The lowest BCUT2D eigenvalue weighted by Crippen LogP contribution is -2.43. The predicted octanol–water partition coefficient (Wildman–Crippen LogP) is 0.406. The van der Waals surface area contributed by atoms with E-state index >= 15 is 0 Å². The van der Waals surface area contributed by atoms with Crippen LogP contribution in [0, 0.1) is 18.3 Å². The van der Waals surface area contributed by atoms with E-state index < -0.39 is 0 Å². The Bertz CT molecular complexity index is 502. The van der Waals surface area contributed by atoms with Crippen molar-refractivity contribution in [2.75, 3.05) is 45.9 Å². The highest BCUT2D eigenvalue weighted by Gasteiger charge is 2.20. The third kappa shape index (κ3) is 4.28. The number of aryl methyl sites for hydroxylation is 1. The van der Waals surface area contributed by atoms with E-state index in [2.05, 4.69) is 21.2 Å². The minimum Gasteiger partial charge on any atom is -0.379 e. The van der Waals surface area contributed by atoms with Crippen LogP contribution >= 0.6 is 0 Å². The molecular formula is C14H21N5O2. The molecule has 1 saturated heterocycles. The Morgan fingerprint density at radius 3 is 2.90 bits per heavy atom. The highest BCUT2D eigenvalue weighted by molar-refractivity contribution is 5.95. The smallest absolute Gasteiger partial charge is 0.257 e. The van der Waals surface area contributed by atoms with Crippen molar-refractivity contribution in [2.45, 2.75) is 13.3 Å². The molecule has 1 aliphatic heterocycles. The summed E-state index contributed by atoms with van der Waals surface area (Å²) in [7, 11) is 0. The number of nitriles is 1. The van der Waals surface area contributed by atoms with Crippen molar-refractivity contribution in [1.29, 1.82) is 5.26 Å². The molecule has 0 spiro atoms. The predicted molar refractivity (Wildman–Crippen MR) is 76.7 cm³/mol. The fraction of sp³-hybridized carbons (Fsp3) is 0.643. The molecule has 0 radical (unpaired) electrons. The van der Waals surface area contributed by atoms with E-state index in [9.17, 15) is 4.79 Å². The quantitative estimate of drug-likeness (QED) is 0.820. The lowest BCUT2D eigenvalue weighted by atomic mass is 10.2. The Morgan fingerprint density at radius 1 is 1.52 bits per heavy atom. The fourth-order valence-electron chi connectivity index (χ4n) is 2.32. The molecular weight excluding hydrogens is 270 g/mol. The zero-order valence-electron chi connectivity index (χ0n) is 12.3. The molecule has 1 aromatic rings.